The molecule has 0 saturated carbocycles. The first-order valence-corrected chi connectivity index (χ1v) is 12.6. The van der Waals surface area contributed by atoms with E-state index in [1.165, 1.54) is 59.7 Å². The van der Waals surface area contributed by atoms with Gasteiger partial charge in [-0.05, 0) is 54.6 Å². The van der Waals surface area contributed by atoms with Gasteiger partial charge in [-0.15, -0.1) is 11.3 Å². The van der Waals surface area contributed by atoms with Gasteiger partial charge in [0.05, 0.1) is 37.8 Å². The molecule has 0 N–H and O–H groups in total. The van der Waals surface area contributed by atoms with Gasteiger partial charge in [-0.3, -0.25) is 0 Å². The summed E-state index contributed by atoms with van der Waals surface area (Å²) in [4.78, 5) is 4.48. The highest BCUT2D eigenvalue weighted by Gasteiger charge is 2.20. The van der Waals surface area contributed by atoms with Crippen molar-refractivity contribution in [3.05, 3.63) is 115 Å². The van der Waals surface area contributed by atoms with Crippen molar-refractivity contribution in [2.45, 2.75) is 0 Å². The molecule has 5 aromatic carbocycles. The second-order valence-electron chi connectivity index (χ2n) is 8.90. The molecule has 0 unspecified atom stereocenters. The van der Waals surface area contributed by atoms with Crippen molar-refractivity contribution < 1.29 is 0 Å². The van der Waals surface area contributed by atoms with Crippen LogP contribution >= 0.6 is 11.3 Å². The Balaban J connectivity index is 1.58. The highest BCUT2D eigenvalue weighted by Crippen LogP contribution is 2.42. The van der Waals surface area contributed by atoms with Crippen molar-refractivity contribution in [2.75, 3.05) is 0 Å². The van der Waals surface area contributed by atoms with E-state index in [0.717, 1.165) is 5.52 Å². The number of hydrogen-bond acceptors (Lipinski definition) is 2. The molecule has 8 rings (SSSR count). The SMILES string of the molecule is c1ccc(-n2c3ccccc3c3c4c5ccccc5n(-c5ccc6ncsc6c5)c4ccc32)cc1. The molecule has 0 bridgehead atoms. The summed E-state index contributed by atoms with van der Waals surface area (Å²) < 4.78 is 5.99. The van der Waals surface area contributed by atoms with Crippen LogP contribution in [-0.4, -0.2) is 14.1 Å². The first kappa shape index (κ1) is 19.0. The smallest absolute Gasteiger partial charge is 0.0813 e. The molecular formula is C31H19N3S. The summed E-state index contributed by atoms with van der Waals surface area (Å²) >= 11 is 1.69. The highest BCUT2D eigenvalue weighted by molar-refractivity contribution is 7.16. The molecule has 0 atom stereocenters. The summed E-state index contributed by atoms with van der Waals surface area (Å²) in [6.07, 6.45) is 0. The Hall–Kier alpha value is -4.41. The summed E-state index contributed by atoms with van der Waals surface area (Å²) in [5, 5.41) is 5.15. The second kappa shape index (κ2) is 7.05. The molecule has 0 fully saturated rings. The van der Waals surface area contributed by atoms with Gasteiger partial charge in [-0.25, -0.2) is 4.98 Å². The third-order valence-corrected chi connectivity index (χ3v) is 7.85. The summed E-state index contributed by atoms with van der Waals surface area (Å²) in [5.41, 5.74) is 10.2. The van der Waals surface area contributed by atoms with Crippen LogP contribution in [0.3, 0.4) is 0 Å². The Bertz CT molecular complexity index is 2060. The maximum Gasteiger partial charge on any atom is 0.0813 e. The van der Waals surface area contributed by atoms with E-state index < -0.39 is 0 Å². The van der Waals surface area contributed by atoms with Crippen LogP contribution in [0.2, 0.25) is 0 Å². The van der Waals surface area contributed by atoms with E-state index in [-0.39, 0.29) is 0 Å². The molecule has 0 aliphatic rings. The molecule has 35 heavy (non-hydrogen) atoms. The minimum absolute atomic E-state index is 1.05. The van der Waals surface area contributed by atoms with E-state index in [0.29, 0.717) is 0 Å². The van der Waals surface area contributed by atoms with Crippen LogP contribution in [0.15, 0.2) is 115 Å². The fraction of sp³-hybridized carbons (Fsp3) is 0. The van der Waals surface area contributed by atoms with Crippen molar-refractivity contribution in [3.63, 3.8) is 0 Å². The average Bonchev–Trinajstić information content (AvgIpc) is 3.60. The Morgan fingerprint density at radius 3 is 1.80 bits per heavy atom. The number of thiazole rings is 1. The van der Waals surface area contributed by atoms with E-state index >= 15 is 0 Å². The van der Waals surface area contributed by atoms with Crippen LogP contribution in [0, 0.1) is 0 Å². The lowest BCUT2D eigenvalue weighted by Gasteiger charge is -2.09. The Labute approximate surface area is 205 Å². The monoisotopic (exact) mass is 465 g/mol. The normalized spacial score (nSPS) is 12.0. The first-order valence-electron chi connectivity index (χ1n) is 11.7. The fourth-order valence-electron chi connectivity index (χ4n) is 5.63. The van der Waals surface area contributed by atoms with E-state index in [9.17, 15) is 0 Å². The molecule has 0 aliphatic carbocycles. The minimum atomic E-state index is 1.05. The van der Waals surface area contributed by atoms with Crippen LogP contribution < -0.4 is 0 Å². The van der Waals surface area contributed by atoms with Gasteiger partial charge in [0.1, 0.15) is 0 Å². The van der Waals surface area contributed by atoms with E-state index in [1.807, 2.05) is 5.51 Å². The molecule has 3 aromatic heterocycles. The standard InChI is InChI=1S/C31H19N3S/c1-2-8-20(9-3-1)33-25-12-6-4-10-22(25)30-27(33)16-17-28-31(30)23-11-5-7-13-26(23)34(28)21-14-15-24-29(18-21)35-19-32-24/h1-19H. The van der Waals surface area contributed by atoms with Gasteiger partial charge < -0.3 is 9.13 Å². The molecular weight excluding hydrogens is 446 g/mol. The van der Waals surface area contributed by atoms with E-state index in [4.69, 9.17) is 0 Å². The lowest BCUT2D eigenvalue weighted by molar-refractivity contribution is 1.17. The van der Waals surface area contributed by atoms with Gasteiger partial charge in [-0.2, -0.15) is 0 Å². The Morgan fingerprint density at radius 1 is 0.514 bits per heavy atom. The number of para-hydroxylation sites is 3. The summed E-state index contributed by atoms with van der Waals surface area (Å²) in [5.74, 6) is 0. The minimum Gasteiger partial charge on any atom is -0.309 e. The van der Waals surface area contributed by atoms with Crippen LogP contribution in [0.5, 0.6) is 0 Å². The van der Waals surface area contributed by atoms with Crippen LogP contribution in [-0.2, 0) is 0 Å². The van der Waals surface area contributed by atoms with Gasteiger partial charge in [0, 0.05) is 32.9 Å². The van der Waals surface area contributed by atoms with Crippen molar-refractivity contribution >= 4 is 65.2 Å². The second-order valence-corrected chi connectivity index (χ2v) is 9.79. The molecule has 3 heterocycles. The maximum absolute atomic E-state index is 4.48. The molecule has 0 aliphatic heterocycles. The van der Waals surface area contributed by atoms with Crippen molar-refractivity contribution in [1.82, 2.24) is 14.1 Å². The number of rotatable bonds is 2. The van der Waals surface area contributed by atoms with Gasteiger partial charge in [0.25, 0.3) is 0 Å². The van der Waals surface area contributed by atoms with Gasteiger partial charge >= 0.3 is 0 Å². The van der Waals surface area contributed by atoms with Gasteiger partial charge in [0.15, 0.2) is 0 Å². The number of aromatic nitrogens is 3. The molecule has 0 saturated heterocycles. The highest BCUT2D eigenvalue weighted by atomic mass is 32.1. The molecule has 8 aromatic rings. The lowest BCUT2D eigenvalue weighted by atomic mass is 10.1. The molecule has 164 valence electrons. The maximum atomic E-state index is 4.48. The van der Waals surface area contributed by atoms with Crippen molar-refractivity contribution in [2.24, 2.45) is 0 Å². The summed E-state index contributed by atoms with van der Waals surface area (Å²) in [6, 6.07) is 39.3. The summed E-state index contributed by atoms with van der Waals surface area (Å²) in [6.45, 7) is 0. The third kappa shape index (κ3) is 2.57. The zero-order valence-electron chi connectivity index (χ0n) is 18.7. The van der Waals surface area contributed by atoms with Crippen LogP contribution in [0.25, 0.3) is 65.2 Å². The Kier molecular flexibility index (Phi) is 3.82. The van der Waals surface area contributed by atoms with Gasteiger partial charge in [0.2, 0.25) is 0 Å². The van der Waals surface area contributed by atoms with Crippen LogP contribution in [0.1, 0.15) is 0 Å². The largest absolute Gasteiger partial charge is 0.309 e. The van der Waals surface area contributed by atoms with E-state index in [2.05, 4.69) is 123 Å². The number of benzene rings is 5. The predicted molar refractivity (Wildman–Crippen MR) is 148 cm³/mol. The quantitative estimate of drug-likeness (QED) is 0.251. The topological polar surface area (TPSA) is 22.8 Å². The lowest BCUT2D eigenvalue weighted by Crippen LogP contribution is -1.94. The zero-order chi connectivity index (χ0) is 22.9. The average molecular weight is 466 g/mol. The molecule has 3 nitrogen and oxygen atoms in total. The first-order chi connectivity index (χ1) is 17.4. The van der Waals surface area contributed by atoms with Crippen LogP contribution in [0.4, 0.5) is 0 Å². The fourth-order valence-corrected chi connectivity index (χ4v) is 6.34. The molecule has 4 heteroatoms. The van der Waals surface area contributed by atoms with E-state index in [1.54, 1.807) is 11.3 Å². The zero-order valence-corrected chi connectivity index (χ0v) is 19.5. The third-order valence-electron chi connectivity index (χ3n) is 7.06. The number of nitrogens with zero attached hydrogens (tertiary/aromatic N) is 3. The summed E-state index contributed by atoms with van der Waals surface area (Å²) in [7, 11) is 0. The van der Waals surface area contributed by atoms with Gasteiger partial charge in [-0.1, -0.05) is 54.6 Å². The Morgan fingerprint density at radius 2 is 1.11 bits per heavy atom. The predicted octanol–water partition coefficient (Wildman–Crippen LogP) is 8.49. The number of hydrogen-bond donors (Lipinski definition) is 0. The molecule has 0 radical (unpaired) electrons. The molecule has 0 amide bonds. The molecule has 0 spiro atoms. The van der Waals surface area contributed by atoms with Crippen molar-refractivity contribution in [3.8, 4) is 11.4 Å². The van der Waals surface area contributed by atoms with Crippen molar-refractivity contribution in [1.29, 1.82) is 0 Å². The number of fused-ring (bicyclic) bond motifs is 8.